The van der Waals surface area contributed by atoms with E-state index in [1.165, 1.54) is 24.6 Å². The Bertz CT molecular complexity index is 314. The molecule has 1 aliphatic rings. The van der Waals surface area contributed by atoms with Gasteiger partial charge in [-0.1, -0.05) is 11.8 Å². The Hall–Kier alpha value is -0.660. The fourth-order valence-electron chi connectivity index (χ4n) is 1.16. The zero-order chi connectivity index (χ0) is 10.7. The number of rotatable bonds is 6. The van der Waals surface area contributed by atoms with Crippen molar-refractivity contribution >= 4 is 11.8 Å². The van der Waals surface area contributed by atoms with E-state index >= 15 is 0 Å². The number of nitrogens with one attached hydrogen (secondary N) is 1. The Kier molecular flexibility index (Phi) is 3.55. The lowest BCUT2D eigenvalue weighted by Gasteiger charge is -2.09. The van der Waals surface area contributed by atoms with Crippen molar-refractivity contribution in [3.05, 3.63) is 0 Å². The van der Waals surface area contributed by atoms with E-state index in [1.807, 2.05) is 0 Å². The van der Waals surface area contributed by atoms with Crippen LogP contribution in [-0.4, -0.2) is 49.8 Å². The maximum Gasteiger partial charge on any atom is 0.209 e. The summed E-state index contributed by atoms with van der Waals surface area (Å²) in [5, 5.41) is 24.7. The van der Waals surface area contributed by atoms with Crippen molar-refractivity contribution in [2.45, 2.75) is 30.1 Å². The summed E-state index contributed by atoms with van der Waals surface area (Å²) < 4.78 is 1.60. The molecule has 1 aromatic heterocycles. The van der Waals surface area contributed by atoms with E-state index in [0.717, 1.165) is 5.16 Å². The van der Waals surface area contributed by atoms with E-state index in [4.69, 9.17) is 0 Å². The molecule has 1 atom stereocenters. The van der Waals surface area contributed by atoms with Crippen LogP contribution in [0.1, 0.15) is 12.8 Å². The minimum Gasteiger partial charge on any atom is -0.391 e. The molecular weight excluding hydrogens is 214 g/mol. The first-order valence-corrected chi connectivity index (χ1v) is 6.01. The number of hydrogen-bond donors (Lipinski definition) is 2. The molecule has 1 aromatic rings. The van der Waals surface area contributed by atoms with Crippen molar-refractivity contribution in [1.29, 1.82) is 0 Å². The molecule has 0 amide bonds. The van der Waals surface area contributed by atoms with Gasteiger partial charge in [-0.3, -0.25) is 0 Å². The summed E-state index contributed by atoms with van der Waals surface area (Å²) in [6.07, 6.45) is 2.15. The summed E-state index contributed by atoms with van der Waals surface area (Å²) in [4.78, 5) is 0. The highest BCUT2D eigenvalue weighted by Crippen LogP contribution is 2.19. The van der Waals surface area contributed by atoms with Crippen LogP contribution in [0, 0.1) is 0 Å². The lowest BCUT2D eigenvalue weighted by atomic mass is 10.4. The van der Waals surface area contributed by atoms with E-state index in [-0.39, 0.29) is 6.10 Å². The fourth-order valence-corrected chi connectivity index (χ4v) is 1.94. The second-order valence-corrected chi connectivity index (χ2v) is 4.72. The van der Waals surface area contributed by atoms with Crippen molar-refractivity contribution < 1.29 is 5.11 Å². The highest BCUT2D eigenvalue weighted by molar-refractivity contribution is 7.99. The van der Waals surface area contributed by atoms with Crippen LogP contribution in [0.5, 0.6) is 0 Å². The quantitative estimate of drug-likeness (QED) is 0.635. The van der Waals surface area contributed by atoms with Crippen LogP contribution in [-0.2, 0) is 7.05 Å². The number of tetrazole rings is 1. The molecule has 15 heavy (non-hydrogen) atoms. The average molecular weight is 229 g/mol. The molecule has 0 spiro atoms. The number of hydrogen-bond acceptors (Lipinski definition) is 6. The third-order valence-corrected chi connectivity index (χ3v) is 3.36. The van der Waals surface area contributed by atoms with Crippen LogP contribution in [0.3, 0.4) is 0 Å². The molecule has 0 radical (unpaired) electrons. The van der Waals surface area contributed by atoms with E-state index < -0.39 is 0 Å². The van der Waals surface area contributed by atoms with E-state index in [0.29, 0.717) is 18.3 Å². The van der Waals surface area contributed by atoms with Gasteiger partial charge in [0.1, 0.15) is 0 Å². The van der Waals surface area contributed by atoms with E-state index in [9.17, 15) is 5.11 Å². The van der Waals surface area contributed by atoms with Gasteiger partial charge >= 0.3 is 0 Å². The number of aryl methyl sites for hydroxylation is 1. The molecule has 2 N–H and O–H groups in total. The normalized spacial score (nSPS) is 18.0. The maximum absolute atomic E-state index is 9.65. The summed E-state index contributed by atoms with van der Waals surface area (Å²) in [5.74, 6) is 0.619. The monoisotopic (exact) mass is 229 g/mol. The van der Waals surface area contributed by atoms with Gasteiger partial charge in [0, 0.05) is 25.4 Å². The Labute approximate surface area is 92.4 Å². The predicted octanol–water partition coefficient (Wildman–Crippen LogP) is -0.585. The summed E-state index contributed by atoms with van der Waals surface area (Å²) in [6.45, 7) is 0.656. The van der Waals surface area contributed by atoms with Gasteiger partial charge in [0.15, 0.2) is 0 Å². The predicted molar refractivity (Wildman–Crippen MR) is 56.6 cm³/mol. The maximum atomic E-state index is 9.65. The zero-order valence-electron chi connectivity index (χ0n) is 8.63. The van der Waals surface area contributed by atoms with Gasteiger partial charge < -0.3 is 10.4 Å². The van der Waals surface area contributed by atoms with E-state index in [1.54, 1.807) is 11.7 Å². The summed E-state index contributed by atoms with van der Waals surface area (Å²) in [7, 11) is 1.79. The van der Waals surface area contributed by atoms with Crippen molar-refractivity contribution in [1.82, 2.24) is 25.5 Å². The summed E-state index contributed by atoms with van der Waals surface area (Å²) in [6, 6.07) is 0.640. The second kappa shape index (κ2) is 4.91. The van der Waals surface area contributed by atoms with Crippen LogP contribution in [0.15, 0.2) is 5.16 Å². The Morgan fingerprint density at radius 1 is 1.67 bits per heavy atom. The number of aliphatic hydroxyl groups excluding tert-OH is 1. The highest BCUT2D eigenvalue weighted by atomic mass is 32.2. The van der Waals surface area contributed by atoms with Crippen LogP contribution in [0.2, 0.25) is 0 Å². The van der Waals surface area contributed by atoms with Crippen LogP contribution < -0.4 is 5.32 Å². The molecule has 0 aliphatic heterocycles. The molecule has 1 fully saturated rings. The molecule has 84 valence electrons. The molecular formula is C8H15N5OS. The Balaban J connectivity index is 1.65. The van der Waals surface area contributed by atoms with E-state index in [2.05, 4.69) is 20.8 Å². The van der Waals surface area contributed by atoms with Gasteiger partial charge in [0.05, 0.1) is 6.10 Å². The molecule has 0 aromatic carbocycles. The molecule has 7 heteroatoms. The van der Waals surface area contributed by atoms with Gasteiger partial charge in [-0.15, -0.1) is 5.10 Å². The SMILES string of the molecule is Cn1nnnc1SCC(O)CNC1CC1. The second-order valence-electron chi connectivity index (χ2n) is 3.73. The van der Waals surface area contributed by atoms with Crippen LogP contribution in [0.25, 0.3) is 0 Å². The largest absolute Gasteiger partial charge is 0.391 e. The summed E-state index contributed by atoms with van der Waals surface area (Å²) >= 11 is 1.47. The highest BCUT2D eigenvalue weighted by Gasteiger charge is 2.21. The average Bonchev–Trinajstić information content (AvgIpc) is 2.96. The fraction of sp³-hybridized carbons (Fsp3) is 0.875. The molecule has 0 saturated heterocycles. The number of thioether (sulfide) groups is 1. The van der Waals surface area contributed by atoms with Gasteiger partial charge in [0.25, 0.3) is 0 Å². The third kappa shape index (κ3) is 3.44. The molecule has 0 bridgehead atoms. The lowest BCUT2D eigenvalue weighted by molar-refractivity contribution is 0.195. The van der Waals surface area contributed by atoms with Crippen molar-refractivity contribution in [3.8, 4) is 0 Å². The van der Waals surface area contributed by atoms with Crippen molar-refractivity contribution in [3.63, 3.8) is 0 Å². The van der Waals surface area contributed by atoms with Gasteiger partial charge in [-0.05, 0) is 23.3 Å². The first-order chi connectivity index (χ1) is 7.25. The lowest BCUT2D eigenvalue weighted by Crippen LogP contribution is -2.30. The van der Waals surface area contributed by atoms with Gasteiger partial charge in [-0.25, -0.2) is 4.68 Å². The smallest absolute Gasteiger partial charge is 0.209 e. The van der Waals surface area contributed by atoms with Gasteiger partial charge in [-0.2, -0.15) is 0 Å². The molecule has 1 aliphatic carbocycles. The first-order valence-electron chi connectivity index (χ1n) is 5.02. The minimum atomic E-state index is -0.340. The number of aromatic nitrogens is 4. The standard InChI is InChI=1S/C8H15N5OS/c1-13-8(10-11-12-13)15-5-7(14)4-9-6-2-3-6/h6-7,9,14H,2-5H2,1H3. The molecule has 1 heterocycles. The third-order valence-electron chi connectivity index (χ3n) is 2.21. The Morgan fingerprint density at radius 2 is 2.47 bits per heavy atom. The summed E-state index contributed by atoms with van der Waals surface area (Å²) in [5.41, 5.74) is 0. The number of nitrogens with zero attached hydrogens (tertiary/aromatic N) is 4. The minimum absolute atomic E-state index is 0.340. The van der Waals surface area contributed by atoms with Crippen molar-refractivity contribution in [2.24, 2.45) is 7.05 Å². The van der Waals surface area contributed by atoms with Crippen LogP contribution in [0.4, 0.5) is 0 Å². The molecule has 6 nitrogen and oxygen atoms in total. The molecule has 1 unspecified atom stereocenters. The molecule has 1 saturated carbocycles. The van der Waals surface area contributed by atoms with Gasteiger partial charge in [0.2, 0.25) is 5.16 Å². The van der Waals surface area contributed by atoms with Crippen molar-refractivity contribution in [2.75, 3.05) is 12.3 Å². The number of aliphatic hydroxyl groups is 1. The zero-order valence-corrected chi connectivity index (χ0v) is 9.44. The topological polar surface area (TPSA) is 75.9 Å². The molecule has 2 rings (SSSR count). The first kappa shape index (κ1) is 10.8. The Morgan fingerprint density at radius 3 is 3.07 bits per heavy atom. The van der Waals surface area contributed by atoms with Crippen LogP contribution >= 0.6 is 11.8 Å².